The molecule has 0 bridgehead atoms. The minimum Gasteiger partial charge on any atom is -0.444 e. The summed E-state index contributed by atoms with van der Waals surface area (Å²) in [6.07, 6.45) is 4.81. The van der Waals surface area contributed by atoms with Crippen molar-refractivity contribution >= 4 is 149 Å². The van der Waals surface area contributed by atoms with E-state index in [0.29, 0.717) is 18.5 Å². The Morgan fingerprint density at radius 1 is 0.468 bits per heavy atom. The van der Waals surface area contributed by atoms with Gasteiger partial charge in [-0.25, -0.2) is 9.59 Å². The quantitative estimate of drug-likeness (QED) is 0.0791. The number of rotatable bonds is 8. The highest BCUT2D eigenvalue weighted by molar-refractivity contribution is 9.10. The second-order valence-electron chi connectivity index (χ2n) is 34.8. The Morgan fingerprint density at radius 2 is 0.817 bits per heavy atom. The SMILES string of the molecule is CC(C)(C)OC(=O)N1CCC[C@H]1C1=Nc2ccc(-c3ccc4cc(B5OC(C)(C)C(C)(C)O5)ccc4c3)cc2C1.CC(C)(C)OC(=O)N1CCC[C@H]1C1=Nc2ccc(B3OC(C)(C)C(C)(C)O3)cc2C1.CC1(C)OB(B2OC(C)(C)C(C)(C)O2)OC1(C)C.O=S(=O)(Oc1ccc2cc(Br)ccc2c1)C(F)(F)F.S.S. The van der Waals surface area contributed by atoms with Gasteiger partial charge in [-0.1, -0.05) is 76.6 Å². The minimum atomic E-state index is -5.64. The molecule has 109 heavy (non-hydrogen) atoms. The maximum absolute atomic E-state index is 12.8. The van der Waals surface area contributed by atoms with Crippen molar-refractivity contribution in [2.24, 2.45) is 9.98 Å². The average Bonchev–Trinajstić information content (AvgIpc) is 1.58. The van der Waals surface area contributed by atoms with Crippen LogP contribution in [0.4, 0.5) is 34.1 Å². The van der Waals surface area contributed by atoms with E-state index in [0.717, 1.165) is 99.1 Å². The number of alkyl halides is 3. The van der Waals surface area contributed by atoms with Gasteiger partial charge in [0.1, 0.15) is 17.0 Å². The van der Waals surface area contributed by atoms with E-state index in [1.54, 1.807) is 18.2 Å². The van der Waals surface area contributed by atoms with Gasteiger partial charge in [-0.3, -0.25) is 19.8 Å². The van der Waals surface area contributed by atoms with Crippen LogP contribution < -0.4 is 15.1 Å². The lowest BCUT2D eigenvalue weighted by atomic mass is 9.49. The number of hydrogen-bond acceptors (Lipinski definition) is 17. The predicted molar refractivity (Wildman–Crippen MR) is 441 cm³/mol. The number of carbonyl (C=O) groups is 2. The highest BCUT2D eigenvalue weighted by Crippen LogP contribution is 2.45. The first-order valence-corrected chi connectivity index (χ1v) is 39.0. The molecule has 2 amide bonds. The molecule has 6 fully saturated rings. The third-order valence-electron chi connectivity index (χ3n) is 22.3. The molecule has 6 aromatic carbocycles. The number of nitrogens with zero attached hydrogens (tertiary/aromatic N) is 4. The van der Waals surface area contributed by atoms with Gasteiger partial charge in [-0.15, -0.1) is 0 Å². The van der Waals surface area contributed by atoms with Crippen LogP contribution in [-0.2, 0) is 69.7 Å². The van der Waals surface area contributed by atoms with Crippen LogP contribution in [-0.4, -0.2) is 157 Å². The molecule has 0 radical (unpaired) electrons. The second kappa shape index (κ2) is 31.3. The second-order valence-corrected chi connectivity index (χ2v) is 37.3. The molecule has 6 saturated heterocycles. The van der Waals surface area contributed by atoms with Crippen LogP contribution >= 0.6 is 42.9 Å². The smallest absolute Gasteiger partial charge is 0.444 e. The van der Waals surface area contributed by atoms with Crippen molar-refractivity contribution in [2.75, 3.05) is 13.1 Å². The summed E-state index contributed by atoms with van der Waals surface area (Å²) in [5.41, 5.74) is 1.49. The molecule has 6 aromatic rings. The van der Waals surface area contributed by atoms with Crippen LogP contribution in [0.25, 0.3) is 32.7 Å². The monoisotopic (exact) mass is 1630 g/mol. The van der Waals surface area contributed by atoms with Crippen molar-refractivity contribution in [1.29, 1.82) is 0 Å². The van der Waals surface area contributed by atoms with Gasteiger partial charge in [0.2, 0.25) is 0 Å². The number of aliphatic imine (C=N–C) groups is 2. The van der Waals surface area contributed by atoms with E-state index < -0.39 is 40.8 Å². The number of ether oxygens (including phenoxy) is 2. The summed E-state index contributed by atoms with van der Waals surface area (Å²) in [7, 11) is -7.34. The molecular formula is C79H106B4BrF3N4O15S3. The third-order valence-corrected chi connectivity index (χ3v) is 23.7. The molecule has 30 heteroatoms. The normalized spacial score (nSPS) is 22.2. The Kier molecular flexibility index (Phi) is 25.1. The van der Waals surface area contributed by atoms with Gasteiger partial charge in [-0.05, 0) is 281 Å². The molecule has 590 valence electrons. The van der Waals surface area contributed by atoms with Gasteiger partial charge < -0.3 is 50.9 Å². The molecule has 19 nitrogen and oxygen atoms in total. The Morgan fingerprint density at radius 3 is 1.27 bits per heavy atom. The number of hydrogen-bond donors (Lipinski definition) is 0. The fraction of sp³-hybridized carbons (Fsp3) is 0.544. The Bertz CT molecular complexity index is 4490. The number of likely N-dealkylation sites (tertiary alicyclic amines) is 2. The topological polar surface area (TPSA) is 201 Å². The van der Waals surface area contributed by atoms with Crippen molar-refractivity contribution < 1.29 is 82.1 Å². The molecule has 0 N–H and O–H groups in total. The van der Waals surface area contributed by atoms with Crippen molar-refractivity contribution in [3.63, 3.8) is 0 Å². The van der Waals surface area contributed by atoms with Crippen molar-refractivity contribution in [3.05, 3.63) is 125 Å². The highest BCUT2D eigenvalue weighted by atomic mass is 79.9. The summed E-state index contributed by atoms with van der Waals surface area (Å²) < 4.78 is 123. The van der Waals surface area contributed by atoms with Crippen LogP contribution in [0.3, 0.4) is 0 Å². The molecule has 0 unspecified atom stereocenters. The maximum Gasteiger partial charge on any atom is 0.534 e. The summed E-state index contributed by atoms with van der Waals surface area (Å²) in [5.74, 6) is -0.382. The van der Waals surface area contributed by atoms with Crippen molar-refractivity contribution in [1.82, 2.24) is 9.80 Å². The largest absolute Gasteiger partial charge is 0.534 e. The van der Waals surface area contributed by atoms with Crippen LogP contribution in [0, 0.1) is 0 Å². The number of benzene rings is 6. The standard InChI is InChI=1S/C33H39BN2O4.C23H33BN2O4.C12H24B2O4.C11H6BrF3O3S.2H2S/c1-31(2,3)38-30(37)36-16-8-9-29(36)28-20-25-18-23(13-15-27(25)35-28)21-10-11-24-19-26(14-12-22(24)17-21)34-39-32(4,5)33(6,7)40-34;1-21(2,3)28-20(27)26-12-8-9-19(26)18-14-15-13-16(10-11-17(15)25-18)24-29-22(4,5)23(6,7)30-24;1-9(2)10(3,4)16-13(15-9)14-17-11(5,6)12(7,8)18-14;12-9-3-1-8-6-10(4-2-7(8)5-9)18-19(16,17)11(13,14)15;;/h10-15,17-19,29H,8-9,16,20H2,1-7H3;10-11,13,19H,8-9,12,14H2,1-7H3;1-8H3;1-6H;2*1H2/t29-;19-;;;;/m00..../s1. The first-order valence-electron chi connectivity index (χ1n) is 36.8. The van der Waals surface area contributed by atoms with E-state index >= 15 is 0 Å². The van der Waals surface area contributed by atoms with Crippen LogP contribution in [0.15, 0.2) is 124 Å². The van der Waals surface area contributed by atoms with Crippen molar-refractivity contribution in [3.8, 4) is 16.9 Å². The summed E-state index contributed by atoms with van der Waals surface area (Å²) in [6, 6.07) is 34.7. The molecular weight excluding hydrogens is 1520 g/mol. The molecule has 0 aromatic heterocycles. The van der Waals surface area contributed by atoms with E-state index in [9.17, 15) is 31.2 Å². The average molecular weight is 1630 g/mol. The van der Waals surface area contributed by atoms with Gasteiger partial charge >= 0.3 is 56.1 Å². The van der Waals surface area contributed by atoms with Gasteiger partial charge in [0.15, 0.2) is 0 Å². The zero-order chi connectivity index (χ0) is 78.6. The van der Waals surface area contributed by atoms with Gasteiger partial charge in [-0.2, -0.15) is 48.6 Å². The molecule has 2 atom stereocenters. The zero-order valence-corrected chi connectivity index (χ0v) is 71.2. The van der Waals surface area contributed by atoms with Gasteiger partial charge in [0.05, 0.1) is 68.3 Å². The number of fused-ring (bicyclic) bond motifs is 4. The summed E-state index contributed by atoms with van der Waals surface area (Å²) >= 11 is 3.25. The van der Waals surface area contributed by atoms with Gasteiger partial charge in [0, 0.05) is 41.8 Å². The fourth-order valence-corrected chi connectivity index (χ4v) is 14.3. The molecule has 8 heterocycles. The van der Waals surface area contributed by atoms with Crippen LogP contribution in [0.5, 0.6) is 5.75 Å². The molecule has 0 saturated carbocycles. The van der Waals surface area contributed by atoms with Crippen molar-refractivity contribution in [2.45, 2.75) is 264 Å². The summed E-state index contributed by atoms with van der Waals surface area (Å²) in [4.78, 5) is 39.0. The number of carbonyl (C=O) groups excluding carboxylic acids is 2. The molecule has 8 aliphatic heterocycles. The lowest BCUT2D eigenvalue weighted by Crippen LogP contribution is -2.43. The molecule has 14 rings (SSSR count). The highest BCUT2D eigenvalue weighted by Gasteiger charge is 2.64. The fourth-order valence-electron chi connectivity index (χ4n) is 13.5. The summed E-state index contributed by atoms with van der Waals surface area (Å²) in [5, 5.41) is 3.64. The predicted octanol–water partition coefficient (Wildman–Crippen LogP) is 17.2. The maximum atomic E-state index is 12.8. The summed E-state index contributed by atoms with van der Waals surface area (Å²) in [6.45, 7) is 45.6. The third kappa shape index (κ3) is 19.1. The van der Waals surface area contributed by atoms with E-state index in [1.165, 1.54) is 34.2 Å². The van der Waals surface area contributed by atoms with E-state index in [2.05, 4.69) is 136 Å². The molecule has 8 aliphatic rings. The lowest BCUT2D eigenvalue weighted by Gasteiger charge is -2.32. The number of amides is 2. The Balaban J connectivity index is 0.000000176. The lowest BCUT2D eigenvalue weighted by molar-refractivity contribution is -0.0500. The van der Waals surface area contributed by atoms with E-state index in [4.69, 9.17) is 56.7 Å². The minimum absolute atomic E-state index is 0. The zero-order valence-electron chi connectivity index (χ0n) is 66.8. The Labute approximate surface area is 665 Å². The number of halogens is 4. The van der Waals surface area contributed by atoms with E-state index in [1.807, 2.05) is 119 Å². The van der Waals surface area contributed by atoms with Crippen LogP contribution in [0.1, 0.15) is 189 Å². The van der Waals surface area contributed by atoms with Crippen LogP contribution in [0.2, 0.25) is 0 Å². The Hall–Kier alpha value is -5.62. The first kappa shape index (κ1) is 87.3. The molecule has 0 aliphatic carbocycles. The van der Waals surface area contributed by atoms with Gasteiger partial charge in [0.25, 0.3) is 0 Å². The van der Waals surface area contributed by atoms with E-state index in [-0.39, 0.29) is 116 Å². The molecule has 0 spiro atoms. The first-order chi connectivity index (χ1) is 49.2.